The summed E-state index contributed by atoms with van der Waals surface area (Å²) in [7, 11) is 0. The maximum absolute atomic E-state index is 11.9. The van der Waals surface area contributed by atoms with Crippen LogP contribution >= 0.6 is 0 Å². The van der Waals surface area contributed by atoms with Gasteiger partial charge in [0, 0.05) is 5.69 Å². The van der Waals surface area contributed by atoms with Crippen LogP contribution < -0.4 is 11.1 Å². The Kier molecular flexibility index (Phi) is 5.86. The van der Waals surface area contributed by atoms with Crippen LogP contribution in [0, 0.1) is 0 Å². The molecule has 0 heterocycles. The van der Waals surface area contributed by atoms with Crippen molar-refractivity contribution < 1.29 is 4.79 Å². The molecule has 0 aliphatic heterocycles. The molecule has 0 saturated carbocycles. The van der Waals surface area contributed by atoms with E-state index in [0.29, 0.717) is 5.92 Å². The van der Waals surface area contributed by atoms with Gasteiger partial charge in [0.05, 0.1) is 6.04 Å². The van der Waals surface area contributed by atoms with Crippen LogP contribution in [0.4, 0.5) is 5.69 Å². The molecule has 3 nitrogen and oxygen atoms in total. The lowest BCUT2D eigenvalue weighted by atomic mass is 10.0. The molecule has 3 N–H and O–H groups in total. The second-order valence-corrected chi connectivity index (χ2v) is 5.02. The molecule has 1 rings (SSSR count). The molecule has 0 radical (unpaired) electrons. The number of anilines is 1. The Morgan fingerprint density at radius 3 is 2.72 bits per heavy atom. The van der Waals surface area contributed by atoms with Crippen LogP contribution in [0.1, 0.15) is 51.5 Å². The standard InChI is InChI=1S/C15H24N2O/c1-4-5-9-14(16)15(18)17-13-8-6-7-12(10-13)11(2)3/h6-8,10-11,14H,4-5,9,16H2,1-3H3,(H,17,18). The fourth-order valence-corrected chi connectivity index (χ4v) is 1.77. The summed E-state index contributed by atoms with van der Waals surface area (Å²) in [4.78, 5) is 11.9. The van der Waals surface area contributed by atoms with Crippen molar-refractivity contribution in [2.24, 2.45) is 5.73 Å². The Hall–Kier alpha value is -1.35. The number of benzene rings is 1. The fourth-order valence-electron chi connectivity index (χ4n) is 1.77. The Morgan fingerprint density at radius 2 is 2.11 bits per heavy atom. The second-order valence-electron chi connectivity index (χ2n) is 5.02. The number of carbonyl (C=O) groups is 1. The third kappa shape index (κ3) is 4.49. The maximum Gasteiger partial charge on any atom is 0.241 e. The minimum absolute atomic E-state index is 0.0932. The Balaban J connectivity index is 2.61. The first-order valence-electron chi connectivity index (χ1n) is 6.71. The molecule has 18 heavy (non-hydrogen) atoms. The van der Waals surface area contributed by atoms with E-state index in [1.165, 1.54) is 5.56 Å². The molecule has 3 heteroatoms. The molecule has 0 saturated heterocycles. The minimum atomic E-state index is -0.410. The average Bonchev–Trinajstić information content (AvgIpc) is 2.36. The van der Waals surface area contributed by atoms with Gasteiger partial charge in [-0.2, -0.15) is 0 Å². The fraction of sp³-hybridized carbons (Fsp3) is 0.533. The van der Waals surface area contributed by atoms with Crippen molar-refractivity contribution in [1.29, 1.82) is 0 Å². The quantitative estimate of drug-likeness (QED) is 0.811. The molecule has 1 atom stereocenters. The zero-order valence-electron chi connectivity index (χ0n) is 11.6. The SMILES string of the molecule is CCCCC(N)C(=O)Nc1cccc(C(C)C)c1. The first-order valence-corrected chi connectivity index (χ1v) is 6.71. The lowest BCUT2D eigenvalue weighted by Gasteiger charge is -2.13. The summed E-state index contributed by atoms with van der Waals surface area (Å²) < 4.78 is 0. The van der Waals surface area contributed by atoms with E-state index in [-0.39, 0.29) is 5.91 Å². The van der Waals surface area contributed by atoms with Gasteiger partial charge in [0.25, 0.3) is 0 Å². The van der Waals surface area contributed by atoms with E-state index in [0.717, 1.165) is 24.9 Å². The number of nitrogens with two attached hydrogens (primary N) is 1. The summed E-state index contributed by atoms with van der Waals surface area (Å²) in [5, 5.41) is 2.88. The Labute approximate surface area is 110 Å². The number of nitrogens with one attached hydrogen (secondary N) is 1. The van der Waals surface area contributed by atoms with Crippen LogP contribution in [0.2, 0.25) is 0 Å². The van der Waals surface area contributed by atoms with Gasteiger partial charge in [-0.1, -0.05) is 45.7 Å². The highest BCUT2D eigenvalue weighted by Gasteiger charge is 2.13. The molecule has 1 unspecified atom stereocenters. The van der Waals surface area contributed by atoms with Crippen LogP contribution in [0.25, 0.3) is 0 Å². The van der Waals surface area contributed by atoms with E-state index in [1.54, 1.807) is 0 Å². The van der Waals surface area contributed by atoms with Gasteiger partial charge in [0.1, 0.15) is 0 Å². The first kappa shape index (κ1) is 14.7. The summed E-state index contributed by atoms with van der Waals surface area (Å²) in [5.41, 5.74) is 7.89. The highest BCUT2D eigenvalue weighted by Crippen LogP contribution is 2.18. The molecule has 0 fully saturated rings. The Bertz CT molecular complexity index is 388. The molecule has 0 aliphatic rings. The van der Waals surface area contributed by atoms with Gasteiger partial charge in [-0.25, -0.2) is 0 Å². The van der Waals surface area contributed by atoms with E-state index in [4.69, 9.17) is 5.73 Å². The molecule has 1 aromatic carbocycles. The monoisotopic (exact) mass is 248 g/mol. The predicted molar refractivity (Wildman–Crippen MR) is 76.7 cm³/mol. The molecular formula is C15H24N2O. The van der Waals surface area contributed by atoms with Crippen molar-refractivity contribution in [3.05, 3.63) is 29.8 Å². The first-order chi connectivity index (χ1) is 8.54. The van der Waals surface area contributed by atoms with Gasteiger partial charge in [-0.3, -0.25) is 4.79 Å². The molecule has 0 spiro atoms. The van der Waals surface area contributed by atoms with E-state index in [2.05, 4.69) is 32.2 Å². The highest BCUT2D eigenvalue weighted by molar-refractivity contribution is 5.94. The van der Waals surface area contributed by atoms with Crippen LogP contribution in [0.3, 0.4) is 0 Å². The van der Waals surface area contributed by atoms with Crippen molar-refractivity contribution in [3.8, 4) is 0 Å². The van der Waals surface area contributed by atoms with Crippen molar-refractivity contribution in [2.75, 3.05) is 5.32 Å². The second kappa shape index (κ2) is 7.17. The largest absolute Gasteiger partial charge is 0.325 e. The van der Waals surface area contributed by atoms with Crippen LogP contribution in [0.5, 0.6) is 0 Å². The maximum atomic E-state index is 11.9. The van der Waals surface area contributed by atoms with E-state index in [1.807, 2.05) is 18.2 Å². The van der Waals surface area contributed by atoms with Crippen molar-refractivity contribution in [3.63, 3.8) is 0 Å². The number of hydrogen-bond acceptors (Lipinski definition) is 2. The average molecular weight is 248 g/mol. The van der Waals surface area contributed by atoms with Gasteiger partial charge >= 0.3 is 0 Å². The number of amides is 1. The van der Waals surface area contributed by atoms with Crippen molar-refractivity contribution in [1.82, 2.24) is 0 Å². The number of hydrogen-bond donors (Lipinski definition) is 2. The number of rotatable bonds is 6. The lowest BCUT2D eigenvalue weighted by Crippen LogP contribution is -2.35. The lowest BCUT2D eigenvalue weighted by molar-refractivity contribution is -0.117. The Morgan fingerprint density at radius 1 is 1.39 bits per heavy atom. The summed E-state index contributed by atoms with van der Waals surface area (Å²) in [6.45, 7) is 6.36. The van der Waals surface area contributed by atoms with Gasteiger partial charge < -0.3 is 11.1 Å². The smallest absolute Gasteiger partial charge is 0.241 e. The molecular weight excluding hydrogens is 224 g/mol. The summed E-state index contributed by atoms with van der Waals surface area (Å²) in [5.74, 6) is 0.361. The van der Waals surface area contributed by atoms with Crippen LogP contribution in [0.15, 0.2) is 24.3 Å². The zero-order valence-corrected chi connectivity index (χ0v) is 11.6. The van der Waals surface area contributed by atoms with Gasteiger partial charge in [0.15, 0.2) is 0 Å². The van der Waals surface area contributed by atoms with Gasteiger partial charge in [-0.05, 0) is 30.0 Å². The zero-order chi connectivity index (χ0) is 13.5. The third-order valence-electron chi connectivity index (χ3n) is 3.03. The molecule has 0 aromatic heterocycles. The molecule has 1 amide bonds. The van der Waals surface area contributed by atoms with Gasteiger partial charge in [0.2, 0.25) is 5.91 Å². The molecule has 0 bridgehead atoms. The summed E-state index contributed by atoms with van der Waals surface area (Å²) in [6, 6.07) is 7.53. The van der Waals surface area contributed by atoms with Gasteiger partial charge in [-0.15, -0.1) is 0 Å². The van der Waals surface area contributed by atoms with Crippen LogP contribution in [-0.4, -0.2) is 11.9 Å². The summed E-state index contributed by atoms with van der Waals surface area (Å²) >= 11 is 0. The third-order valence-corrected chi connectivity index (χ3v) is 3.03. The topological polar surface area (TPSA) is 55.1 Å². The van der Waals surface area contributed by atoms with E-state index >= 15 is 0 Å². The minimum Gasteiger partial charge on any atom is -0.325 e. The molecule has 100 valence electrons. The van der Waals surface area contributed by atoms with Crippen molar-refractivity contribution >= 4 is 11.6 Å². The number of carbonyl (C=O) groups excluding carboxylic acids is 1. The highest BCUT2D eigenvalue weighted by atomic mass is 16.2. The molecule has 1 aromatic rings. The summed E-state index contributed by atoms with van der Waals surface area (Å²) in [6.07, 6.45) is 2.79. The van der Waals surface area contributed by atoms with Crippen molar-refractivity contribution in [2.45, 2.75) is 52.0 Å². The van der Waals surface area contributed by atoms with Crippen LogP contribution in [-0.2, 0) is 4.79 Å². The number of unbranched alkanes of at least 4 members (excludes halogenated alkanes) is 1. The van der Waals surface area contributed by atoms with E-state index in [9.17, 15) is 4.79 Å². The van der Waals surface area contributed by atoms with E-state index < -0.39 is 6.04 Å². The normalized spacial score (nSPS) is 12.5. The molecule has 0 aliphatic carbocycles. The predicted octanol–water partition coefficient (Wildman–Crippen LogP) is 3.27.